The van der Waals surface area contributed by atoms with Crippen molar-refractivity contribution in [2.45, 2.75) is 11.6 Å². The lowest BCUT2D eigenvalue weighted by molar-refractivity contribution is -0.159. The van der Waals surface area contributed by atoms with Gasteiger partial charge in [-0.1, -0.05) is 29.8 Å². The number of halogens is 4. The van der Waals surface area contributed by atoms with Crippen molar-refractivity contribution in [2.75, 3.05) is 12.3 Å². The number of hydrogen-bond acceptors (Lipinski definition) is 2. The topological polar surface area (TPSA) is 20.3 Å². The summed E-state index contributed by atoms with van der Waals surface area (Å²) in [6, 6.07) is 6.63. The Hall–Kier alpha value is -0.880. The second-order valence-electron chi connectivity index (χ2n) is 3.82. The number of thioether (sulfide) groups is 1. The van der Waals surface area contributed by atoms with E-state index in [1.807, 2.05) is 0 Å². The van der Waals surface area contributed by atoms with Gasteiger partial charge in [-0.3, -0.25) is 4.79 Å². The van der Waals surface area contributed by atoms with Crippen LogP contribution < -0.4 is 0 Å². The Bertz CT molecular complexity index is 466. The van der Waals surface area contributed by atoms with E-state index in [1.54, 1.807) is 24.3 Å². The molecule has 1 aromatic carbocycles. The molecule has 0 spiro atoms. The molecule has 1 aliphatic rings. The van der Waals surface area contributed by atoms with Gasteiger partial charge >= 0.3 is 6.18 Å². The molecule has 0 saturated carbocycles. The van der Waals surface area contributed by atoms with Crippen molar-refractivity contribution in [3.05, 3.63) is 34.9 Å². The first-order chi connectivity index (χ1) is 8.38. The van der Waals surface area contributed by atoms with E-state index in [9.17, 15) is 18.0 Å². The van der Waals surface area contributed by atoms with Crippen molar-refractivity contribution < 1.29 is 18.0 Å². The van der Waals surface area contributed by atoms with Crippen LogP contribution in [0.3, 0.4) is 0 Å². The van der Waals surface area contributed by atoms with Gasteiger partial charge in [0.25, 0.3) is 0 Å². The van der Waals surface area contributed by atoms with Crippen molar-refractivity contribution in [3.8, 4) is 0 Å². The van der Waals surface area contributed by atoms with Gasteiger partial charge in [0.15, 0.2) is 0 Å². The van der Waals surface area contributed by atoms with Crippen LogP contribution in [0.5, 0.6) is 0 Å². The molecule has 1 heterocycles. The molecule has 0 radical (unpaired) electrons. The Morgan fingerprint density at radius 1 is 1.39 bits per heavy atom. The van der Waals surface area contributed by atoms with Crippen LogP contribution in [0, 0.1) is 0 Å². The highest BCUT2D eigenvalue weighted by atomic mass is 35.5. The van der Waals surface area contributed by atoms with Gasteiger partial charge in [0, 0.05) is 10.6 Å². The quantitative estimate of drug-likeness (QED) is 0.832. The first-order valence-corrected chi connectivity index (χ1v) is 6.53. The maximum absolute atomic E-state index is 12.4. The SMILES string of the molecule is O=C1CSC(c2ccccc2Cl)N1CC(F)(F)F. The predicted molar refractivity (Wildman–Crippen MR) is 64.4 cm³/mol. The van der Waals surface area contributed by atoms with E-state index in [0.717, 1.165) is 16.7 Å². The minimum Gasteiger partial charge on any atom is -0.317 e. The smallest absolute Gasteiger partial charge is 0.317 e. The number of hydrogen-bond donors (Lipinski definition) is 0. The van der Waals surface area contributed by atoms with Gasteiger partial charge in [-0.05, 0) is 6.07 Å². The molecule has 7 heteroatoms. The lowest BCUT2D eigenvalue weighted by Crippen LogP contribution is -2.37. The number of carbonyl (C=O) groups is 1. The van der Waals surface area contributed by atoms with E-state index in [-0.39, 0.29) is 5.75 Å². The Morgan fingerprint density at radius 2 is 2.06 bits per heavy atom. The van der Waals surface area contributed by atoms with Crippen molar-refractivity contribution in [1.29, 1.82) is 0 Å². The largest absolute Gasteiger partial charge is 0.406 e. The second-order valence-corrected chi connectivity index (χ2v) is 5.30. The van der Waals surface area contributed by atoms with Crippen LogP contribution in [-0.4, -0.2) is 29.3 Å². The average molecular weight is 296 g/mol. The number of carbonyl (C=O) groups excluding carboxylic acids is 1. The molecule has 1 atom stereocenters. The lowest BCUT2D eigenvalue weighted by Gasteiger charge is -2.25. The minimum atomic E-state index is -4.40. The molecule has 0 N–H and O–H groups in total. The third-order valence-electron chi connectivity index (χ3n) is 2.49. The molecule has 2 rings (SSSR count). The highest BCUT2D eigenvalue weighted by molar-refractivity contribution is 8.00. The Labute approximate surface area is 111 Å². The van der Waals surface area contributed by atoms with E-state index in [4.69, 9.17) is 11.6 Å². The van der Waals surface area contributed by atoms with Crippen LogP contribution in [0.15, 0.2) is 24.3 Å². The highest BCUT2D eigenvalue weighted by Crippen LogP contribution is 2.42. The van der Waals surface area contributed by atoms with E-state index >= 15 is 0 Å². The number of rotatable bonds is 2. The van der Waals surface area contributed by atoms with Crippen LogP contribution in [-0.2, 0) is 4.79 Å². The zero-order chi connectivity index (χ0) is 13.3. The number of amides is 1. The summed E-state index contributed by atoms with van der Waals surface area (Å²) in [7, 11) is 0. The molecule has 1 fully saturated rings. The van der Waals surface area contributed by atoms with Crippen LogP contribution >= 0.6 is 23.4 Å². The van der Waals surface area contributed by atoms with Gasteiger partial charge < -0.3 is 4.90 Å². The molecule has 1 aromatic rings. The van der Waals surface area contributed by atoms with Gasteiger partial charge in [-0.25, -0.2) is 0 Å². The average Bonchev–Trinajstić information content (AvgIpc) is 2.60. The van der Waals surface area contributed by atoms with Crippen LogP contribution in [0.1, 0.15) is 10.9 Å². The van der Waals surface area contributed by atoms with Gasteiger partial charge in [0.05, 0.1) is 5.75 Å². The standard InChI is InChI=1S/C11H9ClF3NOS/c12-8-4-2-1-3-7(8)10-16(6-11(13,14)15)9(17)5-18-10/h1-4,10H,5-6H2. The molecule has 1 aliphatic heterocycles. The number of nitrogens with zero attached hydrogens (tertiary/aromatic N) is 1. The highest BCUT2D eigenvalue weighted by Gasteiger charge is 2.41. The third-order valence-corrected chi connectivity index (χ3v) is 4.07. The van der Waals surface area contributed by atoms with Crippen LogP contribution in [0.25, 0.3) is 0 Å². The summed E-state index contributed by atoms with van der Waals surface area (Å²) in [5.74, 6) is -0.464. The van der Waals surface area contributed by atoms with Gasteiger partial charge in [-0.2, -0.15) is 13.2 Å². The number of benzene rings is 1. The molecule has 1 saturated heterocycles. The van der Waals surface area contributed by atoms with Crippen LogP contribution in [0.4, 0.5) is 13.2 Å². The minimum absolute atomic E-state index is 0.0476. The maximum atomic E-state index is 12.4. The first kappa shape index (κ1) is 13.5. The molecule has 0 bridgehead atoms. The molecule has 98 valence electrons. The van der Waals surface area contributed by atoms with Crippen molar-refractivity contribution in [2.24, 2.45) is 0 Å². The molecule has 1 unspecified atom stereocenters. The Morgan fingerprint density at radius 3 is 2.67 bits per heavy atom. The van der Waals surface area contributed by atoms with E-state index in [1.165, 1.54) is 0 Å². The molecule has 18 heavy (non-hydrogen) atoms. The molecule has 1 amide bonds. The summed E-state index contributed by atoms with van der Waals surface area (Å²) in [5, 5.41) is -0.287. The fourth-order valence-electron chi connectivity index (χ4n) is 1.75. The fraction of sp³-hybridized carbons (Fsp3) is 0.364. The first-order valence-electron chi connectivity index (χ1n) is 5.11. The third kappa shape index (κ3) is 2.92. The van der Waals surface area contributed by atoms with Gasteiger partial charge in [-0.15, -0.1) is 11.8 Å². The van der Waals surface area contributed by atoms with E-state index in [2.05, 4.69) is 0 Å². The Balaban J connectivity index is 2.27. The molecule has 0 aliphatic carbocycles. The van der Waals surface area contributed by atoms with Crippen molar-refractivity contribution in [3.63, 3.8) is 0 Å². The predicted octanol–water partition coefficient (Wildman–Crippen LogP) is 3.48. The molecule has 2 nitrogen and oxygen atoms in total. The number of alkyl halides is 3. The lowest BCUT2D eigenvalue weighted by atomic mass is 10.2. The Kier molecular flexibility index (Phi) is 3.77. The summed E-state index contributed by atoms with van der Waals surface area (Å²) in [5.41, 5.74) is 0.541. The summed E-state index contributed by atoms with van der Waals surface area (Å²) in [4.78, 5) is 12.3. The van der Waals surface area contributed by atoms with Gasteiger partial charge in [0.2, 0.25) is 5.91 Å². The molecular weight excluding hydrogens is 287 g/mol. The summed E-state index contributed by atoms with van der Waals surface area (Å²) < 4.78 is 37.3. The summed E-state index contributed by atoms with van der Waals surface area (Å²) >= 11 is 7.11. The molecular formula is C11H9ClF3NOS. The van der Waals surface area contributed by atoms with Crippen LogP contribution in [0.2, 0.25) is 5.02 Å². The van der Waals surface area contributed by atoms with Crippen molar-refractivity contribution in [1.82, 2.24) is 4.90 Å². The second kappa shape index (κ2) is 5.01. The zero-order valence-corrected chi connectivity index (χ0v) is 10.6. The normalized spacial score (nSPS) is 20.6. The maximum Gasteiger partial charge on any atom is 0.406 e. The fourth-order valence-corrected chi connectivity index (χ4v) is 3.28. The van der Waals surface area contributed by atoms with E-state index in [0.29, 0.717) is 10.6 Å². The zero-order valence-electron chi connectivity index (χ0n) is 9.08. The summed E-state index contributed by atoms with van der Waals surface area (Å²) in [6.07, 6.45) is -4.40. The van der Waals surface area contributed by atoms with Crippen molar-refractivity contribution >= 4 is 29.3 Å². The van der Waals surface area contributed by atoms with E-state index < -0.39 is 24.0 Å². The van der Waals surface area contributed by atoms with Gasteiger partial charge in [0.1, 0.15) is 11.9 Å². The monoisotopic (exact) mass is 295 g/mol. The summed E-state index contributed by atoms with van der Waals surface area (Å²) in [6.45, 7) is -1.24. The molecule has 0 aromatic heterocycles.